The van der Waals surface area contributed by atoms with Gasteiger partial charge in [0.2, 0.25) is 0 Å². The second-order valence-corrected chi connectivity index (χ2v) is 4.68. The quantitative estimate of drug-likeness (QED) is 0.674. The maximum atomic E-state index is 5.63. The summed E-state index contributed by atoms with van der Waals surface area (Å²) in [6, 6.07) is 0. The van der Waals surface area contributed by atoms with Gasteiger partial charge in [-0.05, 0) is 38.6 Å². The van der Waals surface area contributed by atoms with Crippen molar-refractivity contribution < 1.29 is 4.74 Å². The predicted octanol–water partition coefficient (Wildman–Crippen LogP) is 2.53. The number of ether oxygens (including phenoxy) is 1. The molecule has 2 nitrogen and oxygen atoms in total. The van der Waals surface area contributed by atoms with Gasteiger partial charge in [-0.25, -0.2) is 0 Å². The summed E-state index contributed by atoms with van der Waals surface area (Å²) in [6.07, 6.45) is 4.33. The van der Waals surface area contributed by atoms with Gasteiger partial charge in [0.1, 0.15) is 0 Å². The van der Waals surface area contributed by atoms with E-state index in [4.69, 9.17) is 4.74 Å². The van der Waals surface area contributed by atoms with Crippen LogP contribution in [0.3, 0.4) is 0 Å². The molecule has 0 aromatic heterocycles. The third kappa shape index (κ3) is 4.43. The molecule has 1 fully saturated rings. The summed E-state index contributed by atoms with van der Waals surface area (Å²) in [5.41, 5.74) is 0. The Balaban J connectivity index is 2.09. The fraction of sp³-hybridized carbons (Fsp3) is 1.00. The van der Waals surface area contributed by atoms with E-state index >= 15 is 0 Å². The summed E-state index contributed by atoms with van der Waals surface area (Å²) in [6.45, 7) is 11.3. The molecular formula is C12H25NO. The highest BCUT2D eigenvalue weighted by molar-refractivity contribution is 4.72. The summed E-state index contributed by atoms with van der Waals surface area (Å²) in [5.74, 6) is 0.833. The molecule has 0 aliphatic carbocycles. The molecule has 1 aliphatic heterocycles. The SMILES string of the molecule is CCOC1CCN(CCC(C)C)CC1. The number of rotatable bonds is 5. The van der Waals surface area contributed by atoms with Crippen LogP contribution in [0.25, 0.3) is 0 Å². The van der Waals surface area contributed by atoms with Crippen LogP contribution in [0, 0.1) is 5.92 Å². The molecule has 0 saturated carbocycles. The predicted molar refractivity (Wildman–Crippen MR) is 60.5 cm³/mol. The van der Waals surface area contributed by atoms with Crippen LogP contribution in [0.15, 0.2) is 0 Å². The lowest BCUT2D eigenvalue weighted by molar-refractivity contribution is 0.0135. The van der Waals surface area contributed by atoms with Crippen molar-refractivity contribution in [3.05, 3.63) is 0 Å². The molecule has 0 unspecified atom stereocenters. The van der Waals surface area contributed by atoms with E-state index in [1.54, 1.807) is 0 Å². The van der Waals surface area contributed by atoms with Crippen LogP contribution in [0.4, 0.5) is 0 Å². The van der Waals surface area contributed by atoms with E-state index in [1.165, 1.54) is 38.9 Å². The van der Waals surface area contributed by atoms with Gasteiger partial charge < -0.3 is 9.64 Å². The summed E-state index contributed by atoms with van der Waals surface area (Å²) >= 11 is 0. The van der Waals surface area contributed by atoms with Gasteiger partial charge in [-0.15, -0.1) is 0 Å². The van der Waals surface area contributed by atoms with E-state index in [2.05, 4.69) is 25.7 Å². The van der Waals surface area contributed by atoms with Crippen LogP contribution in [-0.4, -0.2) is 37.2 Å². The van der Waals surface area contributed by atoms with Gasteiger partial charge in [0.25, 0.3) is 0 Å². The van der Waals surface area contributed by atoms with Crippen LogP contribution in [0.5, 0.6) is 0 Å². The Labute approximate surface area is 88.6 Å². The van der Waals surface area contributed by atoms with E-state index < -0.39 is 0 Å². The van der Waals surface area contributed by atoms with Crippen LogP contribution in [0.1, 0.15) is 40.0 Å². The van der Waals surface area contributed by atoms with Crippen molar-refractivity contribution in [2.45, 2.75) is 46.1 Å². The molecule has 14 heavy (non-hydrogen) atoms. The topological polar surface area (TPSA) is 12.5 Å². The highest BCUT2D eigenvalue weighted by Crippen LogP contribution is 2.14. The Morgan fingerprint density at radius 1 is 1.29 bits per heavy atom. The standard InChI is InChI=1S/C12H25NO/c1-4-14-12-6-9-13(10-7-12)8-5-11(2)3/h11-12H,4-10H2,1-3H3. The average molecular weight is 199 g/mol. The van der Waals surface area contributed by atoms with E-state index in [9.17, 15) is 0 Å². The lowest BCUT2D eigenvalue weighted by Crippen LogP contribution is -2.37. The first kappa shape index (κ1) is 12.0. The Hall–Kier alpha value is -0.0800. The number of hydrogen-bond acceptors (Lipinski definition) is 2. The zero-order valence-corrected chi connectivity index (χ0v) is 9.96. The first-order valence-electron chi connectivity index (χ1n) is 6.06. The van der Waals surface area contributed by atoms with Gasteiger partial charge in [-0.1, -0.05) is 13.8 Å². The molecule has 1 heterocycles. The van der Waals surface area contributed by atoms with E-state index in [-0.39, 0.29) is 0 Å². The Kier molecular flexibility index (Phi) is 5.49. The lowest BCUT2D eigenvalue weighted by Gasteiger charge is -2.32. The minimum Gasteiger partial charge on any atom is -0.378 e. The van der Waals surface area contributed by atoms with Gasteiger partial charge in [0.05, 0.1) is 6.10 Å². The molecule has 0 bridgehead atoms. The van der Waals surface area contributed by atoms with E-state index in [0.717, 1.165) is 12.5 Å². The summed E-state index contributed by atoms with van der Waals surface area (Å²) in [5, 5.41) is 0. The molecule has 1 aliphatic rings. The zero-order chi connectivity index (χ0) is 10.4. The smallest absolute Gasteiger partial charge is 0.0599 e. The third-order valence-electron chi connectivity index (χ3n) is 2.96. The molecule has 0 atom stereocenters. The van der Waals surface area contributed by atoms with Gasteiger partial charge in [-0.2, -0.15) is 0 Å². The van der Waals surface area contributed by atoms with Crippen molar-refractivity contribution in [2.24, 2.45) is 5.92 Å². The van der Waals surface area contributed by atoms with Gasteiger partial charge in [-0.3, -0.25) is 0 Å². The molecule has 1 saturated heterocycles. The van der Waals surface area contributed by atoms with E-state index in [1.807, 2.05) is 0 Å². The van der Waals surface area contributed by atoms with Gasteiger partial charge in [0, 0.05) is 19.7 Å². The van der Waals surface area contributed by atoms with Crippen molar-refractivity contribution in [3.8, 4) is 0 Å². The van der Waals surface area contributed by atoms with Gasteiger partial charge >= 0.3 is 0 Å². The maximum Gasteiger partial charge on any atom is 0.0599 e. The maximum absolute atomic E-state index is 5.63. The zero-order valence-electron chi connectivity index (χ0n) is 9.96. The third-order valence-corrected chi connectivity index (χ3v) is 2.96. The molecular weight excluding hydrogens is 174 g/mol. The van der Waals surface area contributed by atoms with Crippen molar-refractivity contribution in [2.75, 3.05) is 26.2 Å². The number of piperidine rings is 1. The van der Waals surface area contributed by atoms with E-state index in [0.29, 0.717) is 6.10 Å². The largest absolute Gasteiger partial charge is 0.378 e. The number of hydrogen-bond donors (Lipinski definition) is 0. The highest BCUT2D eigenvalue weighted by Gasteiger charge is 2.18. The van der Waals surface area contributed by atoms with Gasteiger partial charge in [0.15, 0.2) is 0 Å². The highest BCUT2D eigenvalue weighted by atomic mass is 16.5. The Morgan fingerprint density at radius 3 is 2.43 bits per heavy atom. The van der Waals surface area contributed by atoms with Crippen LogP contribution in [-0.2, 0) is 4.74 Å². The normalized spacial score (nSPS) is 20.6. The average Bonchev–Trinajstić information content (AvgIpc) is 2.17. The minimum atomic E-state index is 0.537. The molecule has 0 aromatic rings. The summed E-state index contributed by atoms with van der Waals surface area (Å²) in [4.78, 5) is 2.58. The Morgan fingerprint density at radius 2 is 1.93 bits per heavy atom. The second kappa shape index (κ2) is 6.41. The first-order chi connectivity index (χ1) is 6.72. The van der Waals surface area contributed by atoms with Crippen molar-refractivity contribution in [3.63, 3.8) is 0 Å². The lowest BCUT2D eigenvalue weighted by atomic mass is 10.1. The molecule has 84 valence electrons. The summed E-state index contributed by atoms with van der Waals surface area (Å²) < 4.78 is 5.63. The van der Waals surface area contributed by atoms with Crippen LogP contribution < -0.4 is 0 Å². The monoisotopic (exact) mass is 199 g/mol. The van der Waals surface area contributed by atoms with Crippen molar-refractivity contribution in [1.29, 1.82) is 0 Å². The fourth-order valence-corrected chi connectivity index (χ4v) is 1.98. The van der Waals surface area contributed by atoms with Crippen LogP contribution in [0.2, 0.25) is 0 Å². The Bertz CT molecular complexity index is 139. The molecule has 0 aromatic carbocycles. The molecule has 0 radical (unpaired) electrons. The molecule has 0 spiro atoms. The van der Waals surface area contributed by atoms with Crippen molar-refractivity contribution in [1.82, 2.24) is 4.90 Å². The number of nitrogens with zero attached hydrogens (tertiary/aromatic N) is 1. The first-order valence-corrected chi connectivity index (χ1v) is 6.06. The minimum absolute atomic E-state index is 0.537. The molecule has 0 amide bonds. The number of likely N-dealkylation sites (tertiary alicyclic amines) is 1. The van der Waals surface area contributed by atoms with Crippen LogP contribution >= 0.6 is 0 Å². The fourth-order valence-electron chi connectivity index (χ4n) is 1.98. The molecule has 2 heteroatoms. The second-order valence-electron chi connectivity index (χ2n) is 4.68. The van der Waals surface area contributed by atoms with Crippen molar-refractivity contribution >= 4 is 0 Å². The summed E-state index contributed by atoms with van der Waals surface area (Å²) in [7, 11) is 0. The molecule has 0 N–H and O–H groups in total. The molecule has 1 rings (SSSR count).